The van der Waals surface area contributed by atoms with Gasteiger partial charge in [0, 0.05) is 5.56 Å². The van der Waals surface area contributed by atoms with Gasteiger partial charge in [0.15, 0.2) is 10.8 Å². The van der Waals surface area contributed by atoms with Crippen molar-refractivity contribution in [3.05, 3.63) is 71.4 Å². The molecule has 0 aliphatic rings. The van der Waals surface area contributed by atoms with Gasteiger partial charge in [-0.15, -0.1) is 0 Å². The summed E-state index contributed by atoms with van der Waals surface area (Å²) >= 11 is 7.96. The highest BCUT2D eigenvalue weighted by Gasteiger charge is 2.19. The summed E-state index contributed by atoms with van der Waals surface area (Å²) in [6, 6.07) is 20.2. The lowest BCUT2D eigenvalue weighted by Crippen LogP contribution is -2.03. The first-order valence-corrected chi connectivity index (χ1v) is 9.44. The van der Waals surface area contributed by atoms with Gasteiger partial charge in [0.25, 0.3) is 0 Å². The van der Waals surface area contributed by atoms with E-state index in [4.69, 9.17) is 16.7 Å². The summed E-state index contributed by atoms with van der Waals surface area (Å²) < 4.78 is 1.90. The first-order chi connectivity index (χ1) is 12.3. The molecule has 0 aliphatic heterocycles. The molecule has 0 bridgehead atoms. The Morgan fingerprint density at radius 2 is 1.64 bits per heavy atom. The minimum absolute atomic E-state index is 0.438. The molecule has 4 rings (SSSR count). The predicted molar refractivity (Wildman–Crippen MR) is 103 cm³/mol. The van der Waals surface area contributed by atoms with E-state index in [0.717, 1.165) is 27.9 Å². The summed E-state index contributed by atoms with van der Waals surface area (Å²) in [5.74, 6) is 0. The number of hydrogen-bond donors (Lipinski definition) is 0. The standard InChI is InChI=1S/C19H15ClN4S/c1-25-19-21-17(20)15-16(14-10-6-3-7-11-14)23-24(18(15)22-19)12-13-8-4-2-5-9-13/h2-11H,12H2,1H3. The van der Waals surface area contributed by atoms with E-state index in [0.29, 0.717) is 16.9 Å². The lowest BCUT2D eigenvalue weighted by Gasteiger charge is -2.04. The summed E-state index contributed by atoms with van der Waals surface area (Å²) in [5.41, 5.74) is 3.73. The summed E-state index contributed by atoms with van der Waals surface area (Å²) in [7, 11) is 0. The van der Waals surface area contributed by atoms with E-state index in [2.05, 4.69) is 22.1 Å². The Morgan fingerprint density at radius 3 is 2.32 bits per heavy atom. The Morgan fingerprint density at radius 1 is 0.960 bits per heavy atom. The van der Waals surface area contributed by atoms with Gasteiger partial charge in [-0.1, -0.05) is 84.0 Å². The van der Waals surface area contributed by atoms with Crippen molar-refractivity contribution in [3.63, 3.8) is 0 Å². The van der Waals surface area contributed by atoms with E-state index in [1.807, 2.05) is 59.5 Å². The van der Waals surface area contributed by atoms with Crippen molar-refractivity contribution in [3.8, 4) is 11.3 Å². The van der Waals surface area contributed by atoms with Crippen LogP contribution in [0.15, 0.2) is 65.8 Å². The van der Waals surface area contributed by atoms with Crippen molar-refractivity contribution in [2.75, 3.05) is 6.26 Å². The fourth-order valence-electron chi connectivity index (χ4n) is 2.77. The van der Waals surface area contributed by atoms with Crippen molar-refractivity contribution in [1.29, 1.82) is 0 Å². The molecule has 0 fully saturated rings. The van der Waals surface area contributed by atoms with Crippen LogP contribution < -0.4 is 0 Å². The highest BCUT2D eigenvalue weighted by molar-refractivity contribution is 7.98. The maximum atomic E-state index is 6.49. The molecule has 4 nitrogen and oxygen atoms in total. The van der Waals surface area contributed by atoms with Gasteiger partial charge in [0.05, 0.1) is 11.9 Å². The number of halogens is 1. The van der Waals surface area contributed by atoms with E-state index in [9.17, 15) is 0 Å². The number of nitrogens with zero attached hydrogens (tertiary/aromatic N) is 4. The topological polar surface area (TPSA) is 43.6 Å². The highest BCUT2D eigenvalue weighted by atomic mass is 35.5. The largest absolute Gasteiger partial charge is 0.242 e. The molecule has 2 aromatic heterocycles. The molecule has 2 heterocycles. The molecular weight excluding hydrogens is 352 g/mol. The SMILES string of the molecule is CSc1nc(Cl)c2c(-c3ccccc3)nn(Cc3ccccc3)c2n1. The summed E-state index contributed by atoms with van der Waals surface area (Å²) in [4.78, 5) is 9.05. The summed E-state index contributed by atoms with van der Waals surface area (Å²) in [6.07, 6.45) is 1.94. The molecule has 0 spiro atoms. The normalized spacial score (nSPS) is 11.1. The molecular formula is C19H15ClN4S. The quantitative estimate of drug-likeness (QED) is 0.292. The van der Waals surface area contributed by atoms with Crippen LogP contribution in [0.1, 0.15) is 5.56 Å². The zero-order valence-electron chi connectivity index (χ0n) is 13.6. The van der Waals surface area contributed by atoms with Crippen molar-refractivity contribution in [2.24, 2.45) is 0 Å². The Balaban J connectivity index is 1.94. The van der Waals surface area contributed by atoms with Crippen molar-refractivity contribution >= 4 is 34.4 Å². The molecule has 0 saturated carbocycles. The molecule has 0 unspecified atom stereocenters. The van der Waals surface area contributed by atoms with Gasteiger partial charge in [0.2, 0.25) is 0 Å². The zero-order valence-corrected chi connectivity index (χ0v) is 15.1. The van der Waals surface area contributed by atoms with Crippen LogP contribution >= 0.6 is 23.4 Å². The van der Waals surface area contributed by atoms with Gasteiger partial charge in [-0.25, -0.2) is 14.6 Å². The second-order valence-corrected chi connectivity index (χ2v) is 6.69. The van der Waals surface area contributed by atoms with E-state index in [-0.39, 0.29) is 0 Å². The Kier molecular flexibility index (Phi) is 4.42. The Labute approximate surface area is 154 Å². The second kappa shape index (κ2) is 6.86. The van der Waals surface area contributed by atoms with Crippen molar-refractivity contribution < 1.29 is 0 Å². The van der Waals surface area contributed by atoms with Crippen LogP contribution in [0.4, 0.5) is 0 Å². The number of thioether (sulfide) groups is 1. The van der Waals surface area contributed by atoms with Crippen molar-refractivity contribution in [2.45, 2.75) is 11.7 Å². The van der Waals surface area contributed by atoms with Crippen molar-refractivity contribution in [1.82, 2.24) is 19.7 Å². The Bertz CT molecular complexity index is 1020. The Hall–Kier alpha value is -2.37. The maximum Gasteiger partial charge on any atom is 0.190 e. The molecule has 0 aliphatic carbocycles. The average Bonchev–Trinajstić information content (AvgIpc) is 3.02. The van der Waals surface area contributed by atoms with Gasteiger partial charge < -0.3 is 0 Å². The van der Waals surface area contributed by atoms with Gasteiger partial charge >= 0.3 is 0 Å². The van der Waals surface area contributed by atoms with E-state index in [1.54, 1.807) is 0 Å². The molecule has 4 aromatic rings. The molecule has 0 atom stereocenters. The minimum atomic E-state index is 0.438. The molecule has 25 heavy (non-hydrogen) atoms. The summed E-state index contributed by atoms with van der Waals surface area (Å²) in [5, 5.41) is 6.69. The third-order valence-corrected chi connectivity index (χ3v) is 4.75. The van der Waals surface area contributed by atoms with E-state index in [1.165, 1.54) is 11.8 Å². The molecule has 2 aromatic carbocycles. The molecule has 6 heteroatoms. The van der Waals surface area contributed by atoms with E-state index < -0.39 is 0 Å². The maximum absolute atomic E-state index is 6.49. The van der Waals surface area contributed by atoms with E-state index >= 15 is 0 Å². The molecule has 124 valence electrons. The van der Waals surface area contributed by atoms with Gasteiger partial charge in [-0.3, -0.25) is 0 Å². The highest BCUT2D eigenvalue weighted by Crippen LogP contribution is 2.33. The van der Waals surface area contributed by atoms with Gasteiger partial charge in [0.1, 0.15) is 10.8 Å². The number of hydrogen-bond acceptors (Lipinski definition) is 4. The average molecular weight is 367 g/mol. The number of benzene rings is 2. The lowest BCUT2D eigenvalue weighted by molar-refractivity contribution is 0.702. The van der Waals surface area contributed by atoms with Crippen LogP contribution in [-0.4, -0.2) is 26.0 Å². The van der Waals surface area contributed by atoms with Crippen LogP contribution in [0.5, 0.6) is 0 Å². The van der Waals surface area contributed by atoms with Crippen LogP contribution in [0.2, 0.25) is 5.15 Å². The van der Waals surface area contributed by atoms with Crippen LogP contribution in [0.25, 0.3) is 22.3 Å². The molecule has 0 amide bonds. The molecule has 0 saturated heterocycles. The second-order valence-electron chi connectivity index (χ2n) is 5.56. The van der Waals surface area contributed by atoms with Crippen LogP contribution in [-0.2, 0) is 6.54 Å². The monoisotopic (exact) mass is 366 g/mol. The molecule has 0 N–H and O–H groups in total. The minimum Gasteiger partial charge on any atom is -0.242 e. The first kappa shape index (κ1) is 16.1. The first-order valence-electron chi connectivity index (χ1n) is 7.83. The van der Waals surface area contributed by atoms with Crippen LogP contribution in [0, 0.1) is 0 Å². The fourth-order valence-corrected chi connectivity index (χ4v) is 3.43. The smallest absolute Gasteiger partial charge is 0.190 e. The third kappa shape index (κ3) is 3.13. The summed E-state index contributed by atoms with van der Waals surface area (Å²) in [6.45, 7) is 0.630. The third-order valence-electron chi connectivity index (χ3n) is 3.93. The van der Waals surface area contributed by atoms with Crippen LogP contribution in [0.3, 0.4) is 0 Å². The fraction of sp³-hybridized carbons (Fsp3) is 0.105. The number of aromatic nitrogens is 4. The van der Waals surface area contributed by atoms with Gasteiger partial charge in [-0.05, 0) is 11.8 Å². The number of rotatable bonds is 4. The predicted octanol–water partition coefficient (Wildman–Crippen LogP) is 4.92. The number of fused-ring (bicyclic) bond motifs is 1. The zero-order chi connectivity index (χ0) is 17.2. The van der Waals surface area contributed by atoms with Gasteiger partial charge in [-0.2, -0.15) is 5.10 Å². The molecule has 0 radical (unpaired) electrons. The lowest BCUT2D eigenvalue weighted by atomic mass is 10.1.